The number of Topliss-reactive ketones (excluding diaryl/α,β-unsaturated/α-hetero) is 1. The molecule has 0 bridgehead atoms. The predicted octanol–water partition coefficient (Wildman–Crippen LogP) is 2.62. The highest BCUT2D eigenvalue weighted by Gasteiger charge is 2.32. The van der Waals surface area contributed by atoms with Gasteiger partial charge in [0.05, 0.1) is 0 Å². The van der Waals surface area contributed by atoms with Crippen LogP contribution in [0.5, 0.6) is 0 Å². The van der Waals surface area contributed by atoms with E-state index in [2.05, 4.69) is 10.3 Å². The van der Waals surface area contributed by atoms with Gasteiger partial charge in [0, 0.05) is 63.0 Å². The van der Waals surface area contributed by atoms with E-state index in [-0.39, 0.29) is 11.9 Å². The van der Waals surface area contributed by atoms with Crippen LogP contribution in [0.4, 0.5) is 10.5 Å². The van der Waals surface area contributed by atoms with Gasteiger partial charge in [0.25, 0.3) is 5.91 Å². The zero-order valence-corrected chi connectivity index (χ0v) is 16.4. The average molecular weight is 392 g/mol. The van der Waals surface area contributed by atoms with Crippen LogP contribution in [0.15, 0.2) is 48.8 Å². The van der Waals surface area contributed by atoms with Crippen molar-refractivity contribution in [3.63, 3.8) is 0 Å². The van der Waals surface area contributed by atoms with Crippen LogP contribution in [0.25, 0.3) is 0 Å². The van der Waals surface area contributed by atoms with Crippen molar-refractivity contribution < 1.29 is 14.4 Å². The maximum Gasteiger partial charge on any atom is 0.321 e. The number of nitrogens with zero attached hydrogens (tertiary/aromatic N) is 3. The zero-order valence-electron chi connectivity index (χ0n) is 16.4. The van der Waals surface area contributed by atoms with Gasteiger partial charge in [-0.15, -0.1) is 0 Å². The summed E-state index contributed by atoms with van der Waals surface area (Å²) in [5.74, 6) is -0.255. The molecule has 1 unspecified atom stereocenters. The van der Waals surface area contributed by atoms with Crippen LogP contribution >= 0.6 is 0 Å². The van der Waals surface area contributed by atoms with Crippen LogP contribution in [0.3, 0.4) is 0 Å². The number of hydrogen-bond acceptors (Lipinski definition) is 4. The van der Waals surface area contributed by atoms with Crippen molar-refractivity contribution in [2.75, 3.05) is 31.5 Å². The topological polar surface area (TPSA) is 82.6 Å². The number of hydrogen-bond donors (Lipinski definition) is 1. The first kappa shape index (κ1) is 19.1. The van der Waals surface area contributed by atoms with Crippen molar-refractivity contribution >= 4 is 23.4 Å². The van der Waals surface area contributed by atoms with Crippen molar-refractivity contribution in [2.45, 2.75) is 25.2 Å². The molecule has 0 spiro atoms. The zero-order chi connectivity index (χ0) is 20.4. The van der Waals surface area contributed by atoms with Crippen LogP contribution in [-0.4, -0.2) is 58.7 Å². The lowest BCUT2D eigenvalue weighted by Crippen LogP contribution is -2.50. The van der Waals surface area contributed by atoms with Gasteiger partial charge < -0.3 is 15.1 Å². The van der Waals surface area contributed by atoms with Crippen molar-refractivity contribution in [3.8, 4) is 0 Å². The Kier molecular flexibility index (Phi) is 5.29. The minimum absolute atomic E-state index is 0.100. The van der Waals surface area contributed by atoms with Crippen LogP contribution < -0.4 is 5.32 Å². The summed E-state index contributed by atoms with van der Waals surface area (Å²) < 4.78 is 0. The standard InChI is InChI=1S/C22H24N4O3/c1-15(27)21(28)25-10-8-18(12-25)16-4-6-20(7-5-16)24-22(29)26-13-19(14-26)17-3-2-9-23-11-17/h2-7,9,11,18-19H,8,10,12-14H2,1H3,(H,24,29). The third kappa shape index (κ3) is 4.13. The van der Waals surface area contributed by atoms with E-state index in [0.29, 0.717) is 32.1 Å². The van der Waals surface area contributed by atoms with E-state index in [4.69, 9.17) is 0 Å². The van der Waals surface area contributed by atoms with Gasteiger partial charge in [0.2, 0.25) is 5.78 Å². The lowest BCUT2D eigenvalue weighted by Gasteiger charge is -2.39. The van der Waals surface area contributed by atoms with E-state index >= 15 is 0 Å². The first-order chi connectivity index (χ1) is 14.0. The number of likely N-dealkylation sites (tertiary alicyclic amines) is 2. The second-order valence-electron chi connectivity index (χ2n) is 7.73. The predicted molar refractivity (Wildman–Crippen MR) is 109 cm³/mol. The highest BCUT2D eigenvalue weighted by atomic mass is 16.2. The molecule has 7 nitrogen and oxygen atoms in total. The molecule has 2 aliphatic rings. The molecule has 2 aliphatic heterocycles. The number of carbonyl (C=O) groups is 3. The molecule has 0 aliphatic carbocycles. The number of carbonyl (C=O) groups excluding carboxylic acids is 3. The molecule has 1 atom stereocenters. The van der Waals surface area contributed by atoms with Crippen molar-refractivity contribution in [1.82, 2.24) is 14.8 Å². The summed E-state index contributed by atoms with van der Waals surface area (Å²) in [4.78, 5) is 43.0. The Morgan fingerprint density at radius 2 is 1.69 bits per heavy atom. The Hall–Kier alpha value is -3.22. The van der Waals surface area contributed by atoms with Gasteiger partial charge in [-0.25, -0.2) is 4.79 Å². The Morgan fingerprint density at radius 3 is 2.34 bits per heavy atom. The number of aromatic nitrogens is 1. The van der Waals surface area contributed by atoms with Crippen LogP contribution in [0.2, 0.25) is 0 Å². The third-order valence-corrected chi connectivity index (χ3v) is 5.73. The molecule has 3 heterocycles. The molecule has 3 amide bonds. The summed E-state index contributed by atoms with van der Waals surface area (Å²) in [5.41, 5.74) is 3.02. The van der Waals surface area contributed by atoms with E-state index in [9.17, 15) is 14.4 Å². The fourth-order valence-electron chi connectivity index (χ4n) is 3.95. The third-order valence-electron chi connectivity index (χ3n) is 5.73. The van der Waals surface area contributed by atoms with Crippen molar-refractivity contribution in [3.05, 3.63) is 59.9 Å². The molecule has 1 N–H and O–H groups in total. The second-order valence-corrected chi connectivity index (χ2v) is 7.73. The van der Waals surface area contributed by atoms with Gasteiger partial charge in [-0.1, -0.05) is 18.2 Å². The number of benzene rings is 1. The molecule has 2 fully saturated rings. The Bertz CT molecular complexity index is 907. The smallest absolute Gasteiger partial charge is 0.321 e. The van der Waals surface area contributed by atoms with E-state index in [1.807, 2.05) is 42.6 Å². The summed E-state index contributed by atoms with van der Waals surface area (Å²) in [6, 6.07) is 11.6. The lowest BCUT2D eigenvalue weighted by molar-refractivity contribution is -0.142. The molecule has 150 valence electrons. The van der Waals surface area contributed by atoms with Gasteiger partial charge in [-0.3, -0.25) is 14.6 Å². The first-order valence-electron chi connectivity index (χ1n) is 9.87. The SMILES string of the molecule is CC(=O)C(=O)N1CCC(c2ccc(NC(=O)N3CC(c4cccnc4)C3)cc2)C1. The number of ketones is 1. The van der Waals surface area contributed by atoms with E-state index in [1.54, 1.807) is 16.0 Å². The molecule has 0 saturated carbocycles. The van der Waals surface area contributed by atoms with Gasteiger partial charge in [-0.2, -0.15) is 0 Å². The molecule has 29 heavy (non-hydrogen) atoms. The minimum Gasteiger partial charge on any atom is -0.335 e. The lowest BCUT2D eigenvalue weighted by atomic mass is 9.93. The summed E-state index contributed by atoms with van der Waals surface area (Å²) >= 11 is 0. The Labute approximate surface area is 169 Å². The number of amides is 3. The van der Waals surface area contributed by atoms with Gasteiger partial charge in [-0.05, 0) is 35.7 Å². The maximum atomic E-state index is 12.4. The molecule has 1 aromatic carbocycles. The monoisotopic (exact) mass is 392 g/mol. The first-order valence-corrected chi connectivity index (χ1v) is 9.87. The molecule has 1 aromatic heterocycles. The average Bonchev–Trinajstić information content (AvgIpc) is 3.17. The number of nitrogens with one attached hydrogen (secondary N) is 1. The maximum absolute atomic E-state index is 12.4. The number of urea groups is 1. The number of anilines is 1. The largest absolute Gasteiger partial charge is 0.335 e. The molecule has 2 aromatic rings. The van der Waals surface area contributed by atoms with Crippen molar-refractivity contribution in [2.24, 2.45) is 0 Å². The summed E-state index contributed by atoms with van der Waals surface area (Å²) in [5, 5.41) is 2.94. The van der Waals surface area contributed by atoms with Crippen LogP contribution in [-0.2, 0) is 9.59 Å². The van der Waals surface area contributed by atoms with Crippen molar-refractivity contribution in [1.29, 1.82) is 0 Å². The normalized spacial score (nSPS) is 19.0. The molecule has 0 radical (unpaired) electrons. The Balaban J connectivity index is 1.28. The molecular weight excluding hydrogens is 368 g/mol. The van der Waals surface area contributed by atoms with Gasteiger partial charge in [0.1, 0.15) is 0 Å². The molecule has 7 heteroatoms. The molecule has 2 saturated heterocycles. The summed E-state index contributed by atoms with van der Waals surface area (Å²) in [6.45, 7) is 3.86. The van der Waals surface area contributed by atoms with Crippen LogP contribution in [0, 0.1) is 0 Å². The number of rotatable bonds is 4. The van der Waals surface area contributed by atoms with E-state index in [1.165, 1.54) is 6.92 Å². The second kappa shape index (κ2) is 8.03. The Morgan fingerprint density at radius 1 is 0.966 bits per heavy atom. The summed E-state index contributed by atoms with van der Waals surface area (Å²) in [7, 11) is 0. The van der Waals surface area contributed by atoms with Crippen LogP contribution in [0.1, 0.15) is 36.3 Å². The highest BCUT2D eigenvalue weighted by molar-refractivity contribution is 6.35. The molecule has 4 rings (SSSR count). The number of pyridine rings is 1. The minimum atomic E-state index is -0.416. The quantitative estimate of drug-likeness (QED) is 0.811. The van der Waals surface area contributed by atoms with E-state index in [0.717, 1.165) is 23.2 Å². The van der Waals surface area contributed by atoms with E-state index < -0.39 is 11.7 Å². The molecular formula is C22H24N4O3. The fraction of sp³-hybridized carbons (Fsp3) is 0.364. The summed E-state index contributed by atoms with van der Waals surface area (Å²) in [6.07, 6.45) is 4.45. The van der Waals surface area contributed by atoms with Gasteiger partial charge in [0.15, 0.2) is 0 Å². The van der Waals surface area contributed by atoms with Gasteiger partial charge >= 0.3 is 6.03 Å². The highest BCUT2D eigenvalue weighted by Crippen LogP contribution is 2.29. The fourth-order valence-corrected chi connectivity index (χ4v) is 3.95.